The summed E-state index contributed by atoms with van der Waals surface area (Å²) in [6.07, 6.45) is 4.00. The Labute approximate surface area is 124 Å². The molecule has 1 aromatic heterocycles. The second-order valence-electron chi connectivity index (χ2n) is 5.68. The van der Waals surface area contributed by atoms with Crippen LogP contribution in [0, 0.1) is 0 Å². The van der Waals surface area contributed by atoms with Gasteiger partial charge in [-0.2, -0.15) is 0 Å². The van der Waals surface area contributed by atoms with E-state index in [-0.39, 0.29) is 5.91 Å². The number of aromatic nitrogens is 1. The highest BCUT2D eigenvalue weighted by molar-refractivity contribution is 5.92. The second kappa shape index (κ2) is 6.12. The summed E-state index contributed by atoms with van der Waals surface area (Å²) in [4.78, 5) is 14.4. The van der Waals surface area contributed by atoms with E-state index >= 15 is 0 Å². The first-order valence-electron chi connectivity index (χ1n) is 7.54. The summed E-state index contributed by atoms with van der Waals surface area (Å²) in [5, 5.41) is 3.96. The van der Waals surface area contributed by atoms with E-state index in [0.29, 0.717) is 18.2 Å². The fourth-order valence-electron chi connectivity index (χ4n) is 2.84. The molecule has 3 rings (SSSR count). The van der Waals surface area contributed by atoms with Crippen molar-refractivity contribution in [3.63, 3.8) is 0 Å². The summed E-state index contributed by atoms with van der Waals surface area (Å²) in [5.74, 6) is 0.722. The molecular formula is C17H20N2O2. The molecule has 4 heteroatoms. The molecule has 0 radical (unpaired) electrons. The molecule has 2 aromatic rings. The van der Waals surface area contributed by atoms with E-state index in [4.69, 9.17) is 4.52 Å². The Kier molecular flexibility index (Phi) is 4.04. The van der Waals surface area contributed by atoms with E-state index in [1.54, 1.807) is 6.07 Å². The van der Waals surface area contributed by atoms with Gasteiger partial charge in [-0.3, -0.25) is 4.79 Å². The van der Waals surface area contributed by atoms with Gasteiger partial charge >= 0.3 is 0 Å². The van der Waals surface area contributed by atoms with E-state index in [2.05, 4.69) is 12.1 Å². The number of hydrogen-bond donors (Lipinski definition) is 0. The topological polar surface area (TPSA) is 46.3 Å². The van der Waals surface area contributed by atoms with Gasteiger partial charge in [-0.1, -0.05) is 35.5 Å². The third-order valence-electron chi connectivity index (χ3n) is 4.06. The number of amides is 1. The molecular weight excluding hydrogens is 264 g/mol. The van der Waals surface area contributed by atoms with Crippen LogP contribution in [0.25, 0.3) is 0 Å². The van der Waals surface area contributed by atoms with Gasteiger partial charge in [0.1, 0.15) is 5.76 Å². The number of piperidine rings is 1. The van der Waals surface area contributed by atoms with Crippen molar-refractivity contribution in [1.29, 1.82) is 0 Å². The number of benzene rings is 1. The summed E-state index contributed by atoms with van der Waals surface area (Å²) in [6.45, 7) is 2.92. The van der Waals surface area contributed by atoms with Crippen LogP contribution in [-0.2, 0) is 6.42 Å². The van der Waals surface area contributed by atoms with Crippen LogP contribution in [0.1, 0.15) is 48.0 Å². The van der Waals surface area contributed by atoms with Crippen LogP contribution in [0.4, 0.5) is 0 Å². The number of carbonyl (C=O) groups is 1. The number of nitrogens with zero attached hydrogens (tertiary/aromatic N) is 2. The highest BCUT2D eigenvalue weighted by Crippen LogP contribution is 2.19. The summed E-state index contributed by atoms with van der Waals surface area (Å²) in [6, 6.07) is 12.1. The number of carbonyl (C=O) groups excluding carboxylic acids is 1. The second-order valence-corrected chi connectivity index (χ2v) is 5.68. The van der Waals surface area contributed by atoms with Crippen molar-refractivity contribution in [2.24, 2.45) is 0 Å². The van der Waals surface area contributed by atoms with Crippen molar-refractivity contribution in [2.45, 2.75) is 38.6 Å². The minimum Gasteiger partial charge on any atom is -0.360 e. The maximum absolute atomic E-state index is 12.5. The van der Waals surface area contributed by atoms with Gasteiger partial charge in [0.25, 0.3) is 5.91 Å². The minimum atomic E-state index is -0.00902. The quantitative estimate of drug-likeness (QED) is 0.869. The maximum atomic E-state index is 12.5. The Morgan fingerprint density at radius 1 is 1.33 bits per heavy atom. The van der Waals surface area contributed by atoms with Crippen LogP contribution in [0.3, 0.4) is 0 Å². The van der Waals surface area contributed by atoms with Gasteiger partial charge in [0.2, 0.25) is 0 Å². The maximum Gasteiger partial charge on any atom is 0.276 e. The third kappa shape index (κ3) is 3.15. The van der Waals surface area contributed by atoms with Crippen LogP contribution in [0.5, 0.6) is 0 Å². The SMILES string of the molecule is CC1CCCCN1C(=O)c1cc(Cc2ccccc2)on1. The number of rotatable bonds is 3. The largest absolute Gasteiger partial charge is 0.360 e. The lowest BCUT2D eigenvalue weighted by atomic mass is 10.0. The standard InChI is InChI=1S/C17H20N2O2/c1-13-7-5-6-10-19(13)17(20)16-12-15(21-18-16)11-14-8-3-2-4-9-14/h2-4,8-9,12-13H,5-7,10-11H2,1H3. The lowest BCUT2D eigenvalue weighted by Gasteiger charge is -2.32. The summed E-state index contributed by atoms with van der Waals surface area (Å²) >= 11 is 0. The average Bonchev–Trinajstić information content (AvgIpc) is 2.97. The molecule has 1 aliphatic rings. The van der Waals surface area contributed by atoms with Crippen molar-refractivity contribution < 1.29 is 9.32 Å². The normalized spacial score (nSPS) is 18.7. The van der Waals surface area contributed by atoms with Crippen LogP contribution >= 0.6 is 0 Å². The zero-order chi connectivity index (χ0) is 14.7. The number of likely N-dealkylation sites (tertiary alicyclic amines) is 1. The first-order valence-corrected chi connectivity index (χ1v) is 7.54. The van der Waals surface area contributed by atoms with Gasteiger partial charge in [-0.05, 0) is 31.7 Å². The van der Waals surface area contributed by atoms with E-state index in [1.165, 1.54) is 6.42 Å². The average molecular weight is 284 g/mol. The van der Waals surface area contributed by atoms with Crippen LogP contribution in [0.2, 0.25) is 0 Å². The fourth-order valence-corrected chi connectivity index (χ4v) is 2.84. The van der Waals surface area contributed by atoms with E-state index < -0.39 is 0 Å². The molecule has 1 fully saturated rings. The Hall–Kier alpha value is -2.10. The van der Waals surface area contributed by atoms with Gasteiger partial charge in [-0.25, -0.2) is 0 Å². The summed E-state index contributed by atoms with van der Waals surface area (Å²) in [7, 11) is 0. The van der Waals surface area contributed by atoms with Crippen molar-refractivity contribution in [3.05, 3.63) is 53.4 Å². The smallest absolute Gasteiger partial charge is 0.276 e. The molecule has 0 bridgehead atoms. The molecule has 1 amide bonds. The van der Waals surface area contributed by atoms with Crippen molar-refractivity contribution in [2.75, 3.05) is 6.54 Å². The summed E-state index contributed by atoms with van der Waals surface area (Å²) < 4.78 is 5.32. The van der Waals surface area contributed by atoms with Crippen LogP contribution in [-0.4, -0.2) is 28.6 Å². The van der Waals surface area contributed by atoms with E-state index in [1.807, 2.05) is 35.2 Å². The third-order valence-corrected chi connectivity index (χ3v) is 4.06. The highest BCUT2D eigenvalue weighted by Gasteiger charge is 2.26. The zero-order valence-corrected chi connectivity index (χ0v) is 12.3. The fraction of sp³-hybridized carbons (Fsp3) is 0.412. The van der Waals surface area contributed by atoms with Gasteiger partial charge in [0.15, 0.2) is 5.69 Å². The molecule has 0 N–H and O–H groups in total. The number of hydrogen-bond acceptors (Lipinski definition) is 3. The lowest BCUT2D eigenvalue weighted by molar-refractivity contribution is 0.0625. The van der Waals surface area contributed by atoms with Crippen LogP contribution in [0.15, 0.2) is 40.9 Å². The Balaban J connectivity index is 1.71. The predicted octanol–water partition coefficient (Wildman–Crippen LogP) is 3.28. The van der Waals surface area contributed by atoms with Crippen molar-refractivity contribution >= 4 is 5.91 Å². The molecule has 1 unspecified atom stereocenters. The molecule has 2 heterocycles. The molecule has 110 valence electrons. The van der Waals surface area contributed by atoms with Gasteiger partial charge in [0.05, 0.1) is 0 Å². The van der Waals surface area contributed by atoms with E-state index in [0.717, 1.165) is 30.7 Å². The molecule has 0 aliphatic carbocycles. The predicted molar refractivity (Wildman–Crippen MR) is 80.1 cm³/mol. The molecule has 1 aromatic carbocycles. The lowest BCUT2D eigenvalue weighted by Crippen LogP contribution is -2.42. The molecule has 0 spiro atoms. The van der Waals surface area contributed by atoms with Crippen molar-refractivity contribution in [1.82, 2.24) is 10.1 Å². The highest BCUT2D eigenvalue weighted by atomic mass is 16.5. The van der Waals surface area contributed by atoms with Crippen molar-refractivity contribution in [3.8, 4) is 0 Å². The van der Waals surface area contributed by atoms with Gasteiger partial charge < -0.3 is 9.42 Å². The first kappa shape index (κ1) is 13.9. The first-order chi connectivity index (χ1) is 10.2. The monoisotopic (exact) mass is 284 g/mol. The molecule has 0 saturated carbocycles. The molecule has 4 nitrogen and oxygen atoms in total. The van der Waals surface area contributed by atoms with E-state index in [9.17, 15) is 4.79 Å². The Morgan fingerprint density at radius 3 is 2.90 bits per heavy atom. The zero-order valence-electron chi connectivity index (χ0n) is 12.3. The molecule has 21 heavy (non-hydrogen) atoms. The molecule has 1 atom stereocenters. The van der Waals surface area contributed by atoms with Gasteiger partial charge in [0, 0.05) is 25.1 Å². The molecule has 1 aliphatic heterocycles. The Morgan fingerprint density at radius 2 is 2.14 bits per heavy atom. The molecule has 1 saturated heterocycles. The Bertz CT molecular complexity index is 606. The summed E-state index contributed by atoms with van der Waals surface area (Å²) in [5.41, 5.74) is 1.58. The van der Waals surface area contributed by atoms with Gasteiger partial charge in [-0.15, -0.1) is 0 Å². The van der Waals surface area contributed by atoms with Crippen LogP contribution < -0.4 is 0 Å². The minimum absolute atomic E-state index is 0.00902.